The van der Waals surface area contributed by atoms with Gasteiger partial charge in [0.2, 0.25) is 0 Å². The highest BCUT2D eigenvalue weighted by atomic mass is 16.1. The van der Waals surface area contributed by atoms with Crippen LogP contribution in [-0.4, -0.2) is 18.4 Å². The van der Waals surface area contributed by atoms with Crippen LogP contribution in [0.2, 0.25) is 0 Å². The van der Waals surface area contributed by atoms with Crippen LogP contribution in [0.25, 0.3) is 0 Å². The topological polar surface area (TPSA) is 29.1 Å². The molecule has 1 N–H and O–H groups in total. The smallest absolute Gasteiger partial charge is 0.175 e. The van der Waals surface area contributed by atoms with Crippen LogP contribution >= 0.6 is 0 Å². The number of carbonyl (C=O) groups excluding carboxylic acids is 1. The minimum Gasteiger partial charge on any atom is -0.307 e. The first-order valence-electron chi connectivity index (χ1n) is 5.34. The van der Waals surface area contributed by atoms with Crippen molar-refractivity contribution < 1.29 is 4.79 Å². The first-order chi connectivity index (χ1) is 6.38. The summed E-state index contributed by atoms with van der Waals surface area (Å²) in [5.41, 5.74) is 1.09. The molecule has 0 aromatic rings. The van der Waals surface area contributed by atoms with Gasteiger partial charge < -0.3 is 5.32 Å². The van der Waals surface area contributed by atoms with Gasteiger partial charge >= 0.3 is 0 Å². The molecule has 2 nitrogen and oxygen atoms in total. The molecule has 1 aliphatic heterocycles. The summed E-state index contributed by atoms with van der Waals surface area (Å²) in [7, 11) is 0. The minimum atomic E-state index is 0.143. The summed E-state index contributed by atoms with van der Waals surface area (Å²) in [6.45, 7) is 1.02. The van der Waals surface area contributed by atoms with Crippen molar-refractivity contribution in [1.29, 1.82) is 0 Å². The molecule has 72 valence electrons. The molecule has 0 amide bonds. The van der Waals surface area contributed by atoms with Crippen molar-refractivity contribution in [1.82, 2.24) is 5.32 Å². The summed E-state index contributed by atoms with van der Waals surface area (Å²) in [5.74, 6) is 0.372. The summed E-state index contributed by atoms with van der Waals surface area (Å²) in [6, 6.07) is 0.143. The van der Waals surface area contributed by atoms with Gasteiger partial charge in [-0.05, 0) is 50.6 Å². The third-order valence-electron chi connectivity index (χ3n) is 2.98. The first-order valence-corrected chi connectivity index (χ1v) is 5.34. The lowest BCUT2D eigenvalue weighted by atomic mass is 9.93. The van der Waals surface area contributed by atoms with Gasteiger partial charge in [0.15, 0.2) is 5.78 Å². The van der Waals surface area contributed by atoms with Gasteiger partial charge in [-0.2, -0.15) is 0 Å². The molecule has 2 heteroatoms. The van der Waals surface area contributed by atoms with Crippen LogP contribution in [0.4, 0.5) is 0 Å². The molecule has 2 aliphatic rings. The summed E-state index contributed by atoms with van der Waals surface area (Å²) in [5, 5.41) is 3.26. The predicted octanol–water partition coefficient (Wildman–Crippen LogP) is 1.81. The molecule has 1 atom stereocenters. The maximum Gasteiger partial charge on any atom is 0.175 e. The quantitative estimate of drug-likeness (QED) is 0.700. The Morgan fingerprint density at radius 1 is 1.38 bits per heavy atom. The van der Waals surface area contributed by atoms with E-state index in [0.29, 0.717) is 5.78 Å². The van der Waals surface area contributed by atoms with Gasteiger partial charge in [-0.15, -0.1) is 0 Å². The third-order valence-corrected chi connectivity index (χ3v) is 2.98. The number of hydrogen-bond acceptors (Lipinski definition) is 2. The predicted molar refractivity (Wildman–Crippen MR) is 52.6 cm³/mol. The SMILES string of the molecule is O=C(C1=CCCCC1)C1CCCN1. The summed E-state index contributed by atoms with van der Waals surface area (Å²) in [6.07, 6.45) is 8.91. The molecule has 0 saturated carbocycles. The second-order valence-corrected chi connectivity index (χ2v) is 3.99. The fraction of sp³-hybridized carbons (Fsp3) is 0.727. The average Bonchev–Trinajstić information content (AvgIpc) is 2.71. The van der Waals surface area contributed by atoms with Crippen LogP contribution in [0, 0.1) is 0 Å². The van der Waals surface area contributed by atoms with Crippen LogP contribution in [-0.2, 0) is 4.79 Å². The molecular formula is C11H17NO. The van der Waals surface area contributed by atoms with E-state index in [1.165, 1.54) is 12.8 Å². The van der Waals surface area contributed by atoms with E-state index in [2.05, 4.69) is 11.4 Å². The highest BCUT2D eigenvalue weighted by molar-refractivity contribution is 5.99. The first kappa shape index (κ1) is 8.95. The zero-order chi connectivity index (χ0) is 9.10. The fourth-order valence-electron chi connectivity index (χ4n) is 2.19. The van der Waals surface area contributed by atoms with Gasteiger partial charge in [-0.25, -0.2) is 0 Å². The van der Waals surface area contributed by atoms with E-state index in [0.717, 1.165) is 37.8 Å². The maximum absolute atomic E-state index is 11.9. The van der Waals surface area contributed by atoms with Crippen LogP contribution in [0.5, 0.6) is 0 Å². The average molecular weight is 179 g/mol. The molecule has 1 fully saturated rings. The van der Waals surface area contributed by atoms with Gasteiger partial charge in [-0.3, -0.25) is 4.79 Å². The Bertz CT molecular complexity index is 226. The van der Waals surface area contributed by atoms with Crippen LogP contribution in [0.1, 0.15) is 38.5 Å². The number of carbonyl (C=O) groups is 1. The standard InChI is InChI=1S/C11H17NO/c13-11(10-7-4-8-12-10)9-5-2-1-3-6-9/h5,10,12H,1-4,6-8H2. The second kappa shape index (κ2) is 4.05. The van der Waals surface area contributed by atoms with Gasteiger partial charge in [0, 0.05) is 0 Å². The lowest BCUT2D eigenvalue weighted by Crippen LogP contribution is -2.32. The number of hydrogen-bond donors (Lipinski definition) is 1. The van der Waals surface area contributed by atoms with E-state index in [1.54, 1.807) is 0 Å². The molecule has 1 heterocycles. The van der Waals surface area contributed by atoms with E-state index in [9.17, 15) is 4.79 Å². The Kier molecular flexibility index (Phi) is 2.79. The molecule has 0 radical (unpaired) electrons. The Morgan fingerprint density at radius 2 is 2.31 bits per heavy atom. The third kappa shape index (κ3) is 1.99. The molecule has 0 aromatic heterocycles. The lowest BCUT2D eigenvalue weighted by Gasteiger charge is -2.15. The molecule has 1 aliphatic carbocycles. The molecule has 1 unspecified atom stereocenters. The molecule has 13 heavy (non-hydrogen) atoms. The Morgan fingerprint density at radius 3 is 2.92 bits per heavy atom. The molecule has 0 bridgehead atoms. The number of ketones is 1. The number of allylic oxidation sites excluding steroid dienone is 1. The van der Waals surface area contributed by atoms with Crippen molar-refractivity contribution in [3.05, 3.63) is 11.6 Å². The zero-order valence-corrected chi connectivity index (χ0v) is 8.01. The largest absolute Gasteiger partial charge is 0.307 e. The van der Waals surface area contributed by atoms with Crippen molar-refractivity contribution in [3.8, 4) is 0 Å². The van der Waals surface area contributed by atoms with Crippen LogP contribution in [0.3, 0.4) is 0 Å². The molecule has 0 spiro atoms. The number of Topliss-reactive ketones (excluding diaryl/α,β-unsaturated/α-hetero) is 1. The van der Waals surface area contributed by atoms with E-state index in [1.807, 2.05) is 0 Å². The molecule has 0 aromatic carbocycles. The van der Waals surface area contributed by atoms with Crippen molar-refractivity contribution in [2.75, 3.05) is 6.54 Å². The van der Waals surface area contributed by atoms with Crippen molar-refractivity contribution >= 4 is 5.78 Å². The van der Waals surface area contributed by atoms with E-state index < -0.39 is 0 Å². The van der Waals surface area contributed by atoms with Crippen molar-refractivity contribution in [2.24, 2.45) is 0 Å². The highest BCUT2D eigenvalue weighted by Crippen LogP contribution is 2.21. The molecular weight excluding hydrogens is 162 g/mol. The van der Waals surface area contributed by atoms with Crippen LogP contribution < -0.4 is 5.32 Å². The van der Waals surface area contributed by atoms with E-state index in [4.69, 9.17) is 0 Å². The van der Waals surface area contributed by atoms with Gasteiger partial charge in [-0.1, -0.05) is 6.08 Å². The Hall–Kier alpha value is -0.630. The maximum atomic E-state index is 11.9. The Balaban J connectivity index is 1.98. The zero-order valence-electron chi connectivity index (χ0n) is 8.01. The summed E-state index contributed by atoms with van der Waals surface area (Å²) < 4.78 is 0. The number of nitrogens with one attached hydrogen (secondary N) is 1. The molecule has 1 saturated heterocycles. The van der Waals surface area contributed by atoms with Gasteiger partial charge in [0.1, 0.15) is 0 Å². The second-order valence-electron chi connectivity index (χ2n) is 3.99. The highest BCUT2D eigenvalue weighted by Gasteiger charge is 2.24. The minimum absolute atomic E-state index is 0.143. The van der Waals surface area contributed by atoms with E-state index in [-0.39, 0.29) is 6.04 Å². The lowest BCUT2D eigenvalue weighted by molar-refractivity contribution is -0.117. The van der Waals surface area contributed by atoms with Crippen molar-refractivity contribution in [2.45, 2.75) is 44.6 Å². The monoisotopic (exact) mass is 179 g/mol. The van der Waals surface area contributed by atoms with Gasteiger partial charge in [0.25, 0.3) is 0 Å². The Labute approximate surface area is 79.4 Å². The molecule has 2 rings (SSSR count). The van der Waals surface area contributed by atoms with E-state index >= 15 is 0 Å². The van der Waals surface area contributed by atoms with Crippen molar-refractivity contribution in [3.63, 3.8) is 0 Å². The fourth-order valence-corrected chi connectivity index (χ4v) is 2.19. The summed E-state index contributed by atoms with van der Waals surface area (Å²) >= 11 is 0. The normalized spacial score (nSPS) is 28.6. The van der Waals surface area contributed by atoms with Gasteiger partial charge in [0.05, 0.1) is 6.04 Å². The summed E-state index contributed by atoms with van der Waals surface area (Å²) in [4.78, 5) is 11.9. The number of rotatable bonds is 2. The van der Waals surface area contributed by atoms with Crippen LogP contribution in [0.15, 0.2) is 11.6 Å².